The summed E-state index contributed by atoms with van der Waals surface area (Å²) in [5.74, 6) is 2.45. The average molecular weight is 235 g/mol. The molecule has 0 spiro atoms. The molecular weight excluding hydrogens is 220 g/mol. The van der Waals surface area contributed by atoms with E-state index in [2.05, 4.69) is 10.2 Å². The highest BCUT2D eigenvalue weighted by atomic mass is 35.5. The summed E-state index contributed by atoms with van der Waals surface area (Å²) in [5, 5.41) is 8.35. The van der Waals surface area contributed by atoms with Crippen molar-refractivity contribution >= 4 is 23.4 Å². The Morgan fingerprint density at radius 3 is 2.64 bits per heavy atom. The first-order valence-electron chi connectivity index (χ1n) is 4.82. The molecule has 3 nitrogen and oxygen atoms in total. The smallest absolute Gasteiger partial charge is 0.276 e. The predicted molar refractivity (Wildman–Crippen MR) is 58.9 cm³/mol. The summed E-state index contributed by atoms with van der Waals surface area (Å²) in [6.45, 7) is 1.80. The lowest BCUT2D eigenvalue weighted by Gasteiger charge is -1.96. The summed E-state index contributed by atoms with van der Waals surface area (Å²) < 4.78 is 5.23. The van der Waals surface area contributed by atoms with E-state index in [1.54, 1.807) is 18.7 Å². The molecule has 0 saturated carbocycles. The Balaban J connectivity index is 1.99. The first kappa shape index (κ1) is 11.9. The minimum absolute atomic E-state index is 0.634. The summed E-state index contributed by atoms with van der Waals surface area (Å²) in [6.07, 6.45) is 4.74. The van der Waals surface area contributed by atoms with Gasteiger partial charge in [-0.1, -0.05) is 24.6 Å². The molecule has 0 aromatic carbocycles. The van der Waals surface area contributed by atoms with Crippen molar-refractivity contribution in [3.63, 3.8) is 0 Å². The molecule has 80 valence electrons. The quantitative estimate of drug-likeness (QED) is 0.412. The van der Waals surface area contributed by atoms with Crippen LogP contribution in [0.2, 0.25) is 0 Å². The average Bonchev–Trinajstić information content (AvgIpc) is 2.58. The van der Waals surface area contributed by atoms with Gasteiger partial charge in [-0.05, 0) is 12.8 Å². The van der Waals surface area contributed by atoms with Crippen molar-refractivity contribution in [3.8, 4) is 0 Å². The maximum absolute atomic E-state index is 5.57. The van der Waals surface area contributed by atoms with Crippen molar-refractivity contribution in [2.24, 2.45) is 0 Å². The van der Waals surface area contributed by atoms with Gasteiger partial charge in [0, 0.05) is 18.6 Å². The molecule has 0 amide bonds. The molecule has 0 N–H and O–H groups in total. The SMILES string of the molecule is Cc1nnc(SCCCCCCCl)o1. The first-order chi connectivity index (χ1) is 6.83. The van der Waals surface area contributed by atoms with Gasteiger partial charge in [0.1, 0.15) is 0 Å². The van der Waals surface area contributed by atoms with Gasteiger partial charge >= 0.3 is 0 Å². The Labute approximate surface area is 93.6 Å². The molecule has 1 aromatic rings. The summed E-state index contributed by atoms with van der Waals surface area (Å²) in [6, 6.07) is 0. The summed E-state index contributed by atoms with van der Waals surface area (Å²) in [5.41, 5.74) is 0. The Bertz CT molecular complexity index is 255. The number of hydrogen-bond acceptors (Lipinski definition) is 4. The standard InChI is InChI=1S/C9H15ClN2OS/c1-8-11-12-9(13-8)14-7-5-3-2-4-6-10/h2-7H2,1H3. The van der Waals surface area contributed by atoms with Crippen molar-refractivity contribution in [1.82, 2.24) is 10.2 Å². The van der Waals surface area contributed by atoms with E-state index in [1.165, 1.54) is 19.3 Å². The van der Waals surface area contributed by atoms with E-state index < -0.39 is 0 Å². The highest BCUT2D eigenvalue weighted by molar-refractivity contribution is 7.99. The van der Waals surface area contributed by atoms with Crippen LogP contribution in [0.5, 0.6) is 0 Å². The third-order valence-electron chi connectivity index (χ3n) is 1.76. The van der Waals surface area contributed by atoms with Crippen LogP contribution < -0.4 is 0 Å². The second-order valence-electron chi connectivity index (χ2n) is 3.04. The van der Waals surface area contributed by atoms with Crippen LogP contribution in [0.1, 0.15) is 31.6 Å². The molecule has 1 aromatic heterocycles. The fourth-order valence-electron chi connectivity index (χ4n) is 1.05. The fraction of sp³-hybridized carbons (Fsp3) is 0.778. The van der Waals surface area contributed by atoms with Crippen molar-refractivity contribution in [1.29, 1.82) is 0 Å². The van der Waals surface area contributed by atoms with Gasteiger partial charge in [-0.3, -0.25) is 0 Å². The third kappa shape index (κ3) is 4.86. The van der Waals surface area contributed by atoms with Crippen molar-refractivity contribution in [3.05, 3.63) is 5.89 Å². The number of hydrogen-bond donors (Lipinski definition) is 0. The summed E-state index contributed by atoms with van der Waals surface area (Å²) >= 11 is 7.20. The lowest BCUT2D eigenvalue weighted by molar-refractivity contribution is 0.429. The summed E-state index contributed by atoms with van der Waals surface area (Å²) in [4.78, 5) is 0. The second-order valence-corrected chi connectivity index (χ2v) is 4.46. The van der Waals surface area contributed by atoms with E-state index in [-0.39, 0.29) is 0 Å². The number of thioether (sulfide) groups is 1. The van der Waals surface area contributed by atoms with Crippen LogP contribution in [-0.2, 0) is 0 Å². The number of halogens is 1. The van der Waals surface area contributed by atoms with Crippen LogP contribution >= 0.6 is 23.4 Å². The predicted octanol–water partition coefficient (Wildman–Crippen LogP) is 3.27. The molecule has 1 rings (SSSR count). The zero-order chi connectivity index (χ0) is 10.2. The zero-order valence-corrected chi connectivity index (χ0v) is 9.90. The van der Waals surface area contributed by atoms with E-state index in [9.17, 15) is 0 Å². The van der Waals surface area contributed by atoms with E-state index in [0.717, 1.165) is 18.1 Å². The van der Waals surface area contributed by atoms with Crippen molar-refractivity contribution in [2.45, 2.75) is 37.8 Å². The molecule has 0 atom stereocenters. The molecule has 0 bridgehead atoms. The topological polar surface area (TPSA) is 38.9 Å². The number of nitrogens with zero attached hydrogens (tertiary/aromatic N) is 2. The number of aromatic nitrogens is 2. The molecule has 0 radical (unpaired) electrons. The Kier molecular flexibility index (Phi) is 6.03. The second kappa shape index (κ2) is 7.12. The molecule has 0 unspecified atom stereocenters. The van der Waals surface area contributed by atoms with Gasteiger partial charge in [0.2, 0.25) is 5.89 Å². The normalized spacial score (nSPS) is 10.7. The van der Waals surface area contributed by atoms with Crippen LogP contribution in [0.15, 0.2) is 9.64 Å². The van der Waals surface area contributed by atoms with Gasteiger partial charge in [-0.25, -0.2) is 0 Å². The minimum Gasteiger partial charge on any atom is -0.416 e. The van der Waals surface area contributed by atoms with Crippen molar-refractivity contribution < 1.29 is 4.42 Å². The van der Waals surface area contributed by atoms with Gasteiger partial charge in [0.25, 0.3) is 5.22 Å². The number of alkyl halides is 1. The van der Waals surface area contributed by atoms with Crippen LogP contribution in [0.4, 0.5) is 0 Å². The van der Waals surface area contributed by atoms with Gasteiger partial charge in [0.15, 0.2) is 0 Å². The largest absolute Gasteiger partial charge is 0.416 e. The molecule has 0 aliphatic heterocycles. The van der Waals surface area contributed by atoms with E-state index >= 15 is 0 Å². The van der Waals surface area contributed by atoms with Gasteiger partial charge in [0.05, 0.1) is 0 Å². The number of rotatable bonds is 7. The fourth-order valence-corrected chi connectivity index (χ4v) is 2.04. The lowest BCUT2D eigenvalue weighted by atomic mass is 10.2. The molecule has 5 heteroatoms. The molecule has 0 aliphatic rings. The van der Waals surface area contributed by atoms with E-state index in [1.807, 2.05) is 0 Å². The number of unbranched alkanes of at least 4 members (excludes halogenated alkanes) is 3. The first-order valence-corrected chi connectivity index (χ1v) is 6.34. The van der Waals surface area contributed by atoms with Gasteiger partial charge in [-0.2, -0.15) is 0 Å². The molecule has 1 heterocycles. The monoisotopic (exact) mass is 234 g/mol. The summed E-state index contributed by atoms with van der Waals surface area (Å²) in [7, 11) is 0. The van der Waals surface area contributed by atoms with Crippen molar-refractivity contribution in [2.75, 3.05) is 11.6 Å². The number of aryl methyl sites for hydroxylation is 1. The van der Waals surface area contributed by atoms with Crippen LogP contribution in [0.25, 0.3) is 0 Å². The lowest BCUT2D eigenvalue weighted by Crippen LogP contribution is -1.83. The van der Waals surface area contributed by atoms with Gasteiger partial charge in [-0.15, -0.1) is 21.8 Å². The maximum atomic E-state index is 5.57. The molecular formula is C9H15ClN2OS. The van der Waals surface area contributed by atoms with E-state index in [0.29, 0.717) is 11.1 Å². The van der Waals surface area contributed by atoms with E-state index in [4.69, 9.17) is 16.0 Å². The zero-order valence-electron chi connectivity index (χ0n) is 8.33. The highest BCUT2D eigenvalue weighted by Gasteiger charge is 2.01. The van der Waals surface area contributed by atoms with Crippen LogP contribution in [-0.4, -0.2) is 21.8 Å². The molecule has 0 saturated heterocycles. The van der Waals surface area contributed by atoms with Crippen LogP contribution in [0, 0.1) is 6.92 Å². The molecule has 0 aliphatic carbocycles. The van der Waals surface area contributed by atoms with Crippen LogP contribution in [0.3, 0.4) is 0 Å². The Hall–Kier alpha value is -0.220. The van der Waals surface area contributed by atoms with Gasteiger partial charge < -0.3 is 4.42 Å². The minimum atomic E-state index is 0.634. The molecule has 0 fully saturated rings. The highest BCUT2D eigenvalue weighted by Crippen LogP contribution is 2.17. The Morgan fingerprint density at radius 2 is 2.00 bits per heavy atom. The molecule has 14 heavy (non-hydrogen) atoms. The third-order valence-corrected chi connectivity index (χ3v) is 2.93. The Morgan fingerprint density at radius 1 is 1.21 bits per heavy atom. The maximum Gasteiger partial charge on any atom is 0.276 e.